The Kier molecular flexibility index (Phi) is 4.94. The molecule has 0 aliphatic heterocycles. The third-order valence-electron chi connectivity index (χ3n) is 4.41. The standard InChI is InChI=1S/C15H26N4O/c1-4-12-11(2)17-14(18-13(12)19-16)15(20-3)9-7-5-6-8-10-15/h4-10,16H2,1-3H3,(H,17,18,19). The monoisotopic (exact) mass is 278 g/mol. The minimum absolute atomic E-state index is 0.348. The maximum Gasteiger partial charge on any atom is 0.162 e. The summed E-state index contributed by atoms with van der Waals surface area (Å²) in [6, 6.07) is 0. The molecule has 5 heteroatoms. The van der Waals surface area contributed by atoms with E-state index in [0.29, 0.717) is 0 Å². The Balaban J connectivity index is 2.46. The van der Waals surface area contributed by atoms with Crippen molar-refractivity contribution in [1.82, 2.24) is 9.97 Å². The SMILES string of the molecule is CCc1c(C)nc(C2(OC)CCCCCC2)nc1NN. The molecule has 0 spiro atoms. The molecule has 5 nitrogen and oxygen atoms in total. The summed E-state index contributed by atoms with van der Waals surface area (Å²) in [7, 11) is 1.77. The second-order valence-corrected chi connectivity index (χ2v) is 5.57. The molecular formula is C15H26N4O. The number of aromatic nitrogens is 2. The van der Waals surface area contributed by atoms with Crippen LogP contribution in [0.4, 0.5) is 5.82 Å². The molecule has 3 N–H and O–H groups in total. The van der Waals surface area contributed by atoms with Crippen LogP contribution in [0.2, 0.25) is 0 Å². The highest BCUT2D eigenvalue weighted by Gasteiger charge is 2.36. The quantitative estimate of drug-likeness (QED) is 0.503. The van der Waals surface area contributed by atoms with Gasteiger partial charge in [-0.15, -0.1) is 0 Å². The van der Waals surface area contributed by atoms with E-state index in [0.717, 1.165) is 55.0 Å². The van der Waals surface area contributed by atoms with Crippen molar-refractivity contribution in [3.05, 3.63) is 17.1 Å². The van der Waals surface area contributed by atoms with Gasteiger partial charge >= 0.3 is 0 Å². The van der Waals surface area contributed by atoms with Gasteiger partial charge in [-0.25, -0.2) is 15.8 Å². The van der Waals surface area contributed by atoms with Gasteiger partial charge in [0.05, 0.1) is 0 Å². The number of hydrazine groups is 1. The van der Waals surface area contributed by atoms with Crippen LogP contribution >= 0.6 is 0 Å². The summed E-state index contributed by atoms with van der Waals surface area (Å²) in [6.45, 7) is 4.11. The lowest BCUT2D eigenvalue weighted by atomic mass is 9.92. The summed E-state index contributed by atoms with van der Waals surface area (Å²) >= 11 is 0. The minimum atomic E-state index is -0.348. The molecular weight excluding hydrogens is 252 g/mol. The van der Waals surface area contributed by atoms with Crippen molar-refractivity contribution >= 4 is 5.82 Å². The molecule has 0 saturated heterocycles. The summed E-state index contributed by atoms with van der Waals surface area (Å²) in [4.78, 5) is 9.39. The van der Waals surface area contributed by atoms with Gasteiger partial charge in [-0.05, 0) is 26.2 Å². The number of nitrogens with one attached hydrogen (secondary N) is 1. The minimum Gasteiger partial charge on any atom is -0.370 e. The van der Waals surface area contributed by atoms with Crippen molar-refractivity contribution in [1.29, 1.82) is 0 Å². The van der Waals surface area contributed by atoms with E-state index in [4.69, 9.17) is 15.6 Å². The van der Waals surface area contributed by atoms with E-state index in [9.17, 15) is 0 Å². The summed E-state index contributed by atoms with van der Waals surface area (Å²) in [5.74, 6) is 7.14. The van der Waals surface area contributed by atoms with Crippen molar-refractivity contribution in [2.45, 2.75) is 64.4 Å². The molecule has 112 valence electrons. The van der Waals surface area contributed by atoms with Gasteiger partial charge in [-0.1, -0.05) is 32.6 Å². The van der Waals surface area contributed by atoms with E-state index in [2.05, 4.69) is 17.3 Å². The fourth-order valence-electron chi connectivity index (χ4n) is 3.16. The van der Waals surface area contributed by atoms with Crippen LogP contribution in [0.1, 0.15) is 62.5 Å². The van der Waals surface area contributed by atoms with Crippen LogP contribution < -0.4 is 11.3 Å². The lowest BCUT2D eigenvalue weighted by molar-refractivity contribution is -0.0352. The Morgan fingerprint density at radius 1 is 1.20 bits per heavy atom. The third kappa shape index (κ3) is 2.79. The topological polar surface area (TPSA) is 73.1 Å². The van der Waals surface area contributed by atoms with Crippen LogP contribution in [-0.2, 0) is 16.8 Å². The molecule has 1 heterocycles. The second-order valence-electron chi connectivity index (χ2n) is 5.57. The highest BCUT2D eigenvalue weighted by molar-refractivity contribution is 5.46. The molecule has 0 aromatic carbocycles. The molecule has 1 aromatic rings. The lowest BCUT2D eigenvalue weighted by Crippen LogP contribution is -2.31. The second kappa shape index (κ2) is 6.50. The normalized spacial score (nSPS) is 18.6. The summed E-state index contributed by atoms with van der Waals surface area (Å²) in [6.07, 6.45) is 7.69. The highest BCUT2D eigenvalue weighted by atomic mass is 16.5. The number of hydrogen-bond donors (Lipinski definition) is 2. The van der Waals surface area contributed by atoms with Gasteiger partial charge in [-0.3, -0.25) is 0 Å². The van der Waals surface area contributed by atoms with E-state index < -0.39 is 0 Å². The Labute approximate surface area is 121 Å². The fraction of sp³-hybridized carbons (Fsp3) is 0.733. The molecule has 0 bridgehead atoms. The van der Waals surface area contributed by atoms with E-state index in [1.54, 1.807) is 7.11 Å². The predicted molar refractivity (Wildman–Crippen MR) is 80.3 cm³/mol. The third-order valence-corrected chi connectivity index (χ3v) is 4.41. The number of nitrogens with two attached hydrogens (primary N) is 1. The van der Waals surface area contributed by atoms with Crippen LogP contribution in [-0.4, -0.2) is 17.1 Å². The van der Waals surface area contributed by atoms with Gasteiger partial charge in [-0.2, -0.15) is 0 Å². The summed E-state index contributed by atoms with van der Waals surface area (Å²) in [5.41, 5.74) is 4.44. The van der Waals surface area contributed by atoms with Crippen LogP contribution in [0.5, 0.6) is 0 Å². The fourth-order valence-corrected chi connectivity index (χ4v) is 3.16. The zero-order chi connectivity index (χ0) is 14.6. The largest absolute Gasteiger partial charge is 0.370 e. The summed E-state index contributed by atoms with van der Waals surface area (Å²) < 4.78 is 5.88. The first-order chi connectivity index (χ1) is 9.66. The molecule has 0 atom stereocenters. The van der Waals surface area contributed by atoms with Crippen molar-refractivity contribution in [3.63, 3.8) is 0 Å². The Morgan fingerprint density at radius 2 is 1.85 bits per heavy atom. The maximum atomic E-state index is 5.88. The van der Waals surface area contributed by atoms with Crippen molar-refractivity contribution < 1.29 is 4.74 Å². The van der Waals surface area contributed by atoms with Crippen LogP contribution in [0.15, 0.2) is 0 Å². The highest BCUT2D eigenvalue weighted by Crippen LogP contribution is 2.38. The first-order valence-corrected chi connectivity index (χ1v) is 7.56. The van der Waals surface area contributed by atoms with Gasteiger partial charge in [0, 0.05) is 18.4 Å². The number of nitrogen functional groups attached to an aromatic ring is 1. The summed E-state index contributed by atoms with van der Waals surface area (Å²) in [5, 5.41) is 0. The van der Waals surface area contributed by atoms with Crippen molar-refractivity contribution in [2.24, 2.45) is 5.84 Å². The molecule has 1 aromatic heterocycles. The zero-order valence-corrected chi connectivity index (χ0v) is 12.8. The van der Waals surface area contributed by atoms with Gasteiger partial charge < -0.3 is 10.2 Å². The van der Waals surface area contributed by atoms with Gasteiger partial charge in [0.1, 0.15) is 11.4 Å². The van der Waals surface area contributed by atoms with Crippen LogP contribution in [0, 0.1) is 6.92 Å². The lowest BCUT2D eigenvalue weighted by Gasteiger charge is -2.30. The average Bonchev–Trinajstić information content (AvgIpc) is 2.72. The number of methoxy groups -OCH3 is 1. The van der Waals surface area contributed by atoms with E-state index >= 15 is 0 Å². The maximum absolute atomic E-state index is 5.88. The van der Waals surface area contributed by atoms with Crippen LogP contribution in [0.3, 0.4) is 0 Å². The van der Waals surface area contributed by atoms with E-state index in [1.165, 1.54) is 12.8 Å². The van der Waals surface area contributed by atoms with Crippen molar-refractivity contribution in [2.75, 3.05) is 12.5 Å². The van der Waals surface area contributed by atoms with Gasteiger partial charge in [0.25, 0.3) is 0 Å². The zero-order valence-electron chi connectivity index (χ0n) is 12.8. The smallest absolute Gasteiger partial charge is 0.162 e. The first-order valence-electron chi connectivity index (χ1n) is 7.56. The van der Waals surface area contributed by atoms with Gasteiger partial charge in [0.15, 0.2) is 5.82 Å². The van der Waals surface area contributed by atoms with Crippen molar-refractivity contribution in [3.8, 4) is 0 Å². The Bertz CT molecular complexity index is 453. The number of ether oxygens (including phenoxy) is 1. The number of anilines is 1. The van der Waals surface area contributed by atoms with Gasteiger partial charge in [0.2, 0.25) is 0 Å². The predicted octanol–water partition coefficient (Wildman–Crippen LogP) is 2.83. The molecule has 2 rings (SSSR count). The molecule has 1 saturated carbocycles. The molecule has 0 unspecified atom stereocenters. The molecule has 1 fully saturated rings. The molecule has 0 radical (unpaired) electrons. The van der Waals surface area contributed by atoms with E-state index in [1.807, 2.05) is 6.92 Å². The molecule has 1 aliphatic carbocycles. The Hall–Kier alpha value is -1.20. The van der Waals surface area contributed by atoms with Crippen LogP contribution in [0.25, 0.3) is 0 Å². The van der Waals surface area contributed by atoms with E-state index in [-0.39, 0.29) is 5.60 Å². The number of rotatable bonds is 4. The Morgan fingerprint density at radius 3 is 2.35 bits per heavy atom. The molecule has 20 heavy (non-hydrogen) atoms. The average molecular weight is 278 g/mol. The number of aryl methyl sites for hydroxylation is 1. The first kappa shape index (κ1) is 15.2. The number of hydrogen-bond acceptors (Lipinski definition) is 5. The number of nitrogens with zero attached hydrogens (tertiary/aromatic N) is 2. The molecule has 0 amide bonds. The molecule has 1 aliphatic rings.